The summed E-state index contributed by atoms with van der Waals surface area (Å²) in [5.41, 5.74) is 8.68. The summed E-state index contributed by atoms with van der Waals surface area (Å²) in [6.07, 6.45) is 6.92. The summed E-state index contributed by atoms with van der Waals surface area (Å²) in [5.74, 6) is 2.01. The van der Waals surface area contributed by atoms with Crippen molar-refractivity contribution in [1.82, 2.24) is 0 Å². The van der Waals surface area contributed by atoms with E-state index in [1.807, 2.05) is 0 Å². The molecule has 0 bridgehead atoms. The highest BCUT2D eigenvalue weighted by Gasteiger charge is 2.63. The Morgan fingerprint density at radius 1 is 0.650 bits per heavy atom. The van der Waals surface area contributed by atoms with Crippen LogP contribution in [0.15, 0.2) is 133 Å². The molecule has 0 aromatic heterocycles. The Kier molecular flexibility index (Phi) is 3.25. The minimum atomic E-state index is -0.0703. The van der Waals surface area contributed by atoms with Gasteiger partial charge >= 0.3 is 7.12 Å². The number of allylic oxidation sites excluding steroid dienone is 2. The average molecular weight is 512 g/mol. The van der Waals surface area contributed by atoms with E-state index in [1.54, 1.807) is 0 Å². The Morgan fingerprint density at radius 2 is 1.38 bits per heavy atom. The summed E-state index contributed by atoms with van der Waals surface area (Å²) < 4.78 is 6.97. The number of hydrogen-bond donors (Lipinski definition) is 0. The van der Waals surface area contributed by atoms with Crippen LogP contribution in [0, 0.1) is 5.92 Å². The molecule has 1 aliphatic carbocycles. The molecule has 0 saturated carbocycles. The van der Waals surface area contributed by atoms with Gasteiger partial charge in [-0.25, -0.2) is 0 Å². The molecule has 186 valence electrons. The van der Waals surface area contributed by atoms with Crippen molar-refractivity contribution >= 4 is 57.1 Å². The molecule has 0 N–H and O–H groups in total. The van der Waals surface area contributed by atoms with Crippen molar-refractivity contribution in [3.8, 4) is 5.75 Å². The van der Waals surface area contributed by atoms with E-state index in [0.717, 1.165) is 17.3 Å². The number of hydrogen-bond acceptors (Lipinski definition) is 5. The van der Waals surface area contributed by atoms with Crippen molar-refractivity contribution < 1.29 is 4.74 Å². The fraction of sp³-hybridized carbons (Fsp3) is 0.0588. The maximum Gasteiger partial charge on any atom is 0.518 e. The van der Waals surface area contributed by atoms with Gasteiger partial charge in [-0.2, -0.15) is 0 Å². The topological polar surface area (TPSA) is 22.2 Å². The highest BCUT2D eigenvalue weighted by Crippen LogP contribution is 2.63. The first kappa shape index (κ1) is 19.9. The lowest BCUT2D eigenvalue weighted by molar-refractivity contribution is 0.401. The summed E-state index contributed by atoms with van der Waals surface area (Å²) >= 11 is 0. The lowest BCUT2D eigenvalue weighted by atomic mass is 9.66. The lowest BCUT2D eigenvalue weighted by Gasteiger charge is -2.57. The molecule has 6 heteroatoms. The Balaban J connectivity index is 1.32. The van der Waals surface area contributed by atoms with Gasteiger partial charge in [0.2, 0.25) is 5.88 Å². The van der Waals surface area contributed by atoms with E-state index in [2.05, 4.69) is 135 Å². The van der Waals surface area contributed by atoms with Gasteiger partial charge in [-0.05, 0) is 53.2 Å². The first-order valence-corrected chi connectivity index (χ1v) is 14.0. The molecular formula is C34H21BN4O. The molecule has 5 nitrogen and oxygen atoms in total. The predicted octanol–water partition coefficient (Wildman–Crippen LogP) is 7.29. The van der Waals surface area contributed by atoms with E-state index >= 15 is 0 Å². The molecule has 2 unspecified atom stereocenters. The summed E-state index contributed by atoms with van der Waals surface area (Å²) in [6, 6.07) is 35.4. The zero-order valence-electron chi connectivity index (χ0n) is 21.4. The van der Waals surface area contributed by atoms with Gasteiger partial charge in [-0.3, -0.25) is 0 Å². The van der Waals surface area contributed by atoms with Crippen LogP contribution in [0.4, 0.5) is 28.4 Å². The van der Waals surface area contributed by atoms with E-state index in [4.69, 9.17) is 4.74 Å². The van der Waals surface area contributed by atoms with Crippen LogP contribution >= 0.6 is 0 Å². The molecular weight excluding hydrogens is 491 g/mol. The van der Waals surface area contributed by atoms with Crippen LogP contribution in [0.25, 0.3) is 21.5 Å². The second-order valence-electron chi connectivity index (χ2n) is 11.3. The molecule has 6 aliphatic rings. The molecule has 5 aromatic carbocycles. The average Bonchev–Trinajstić information content (AvgIpc) is 3.35. The summed E-state index contributed by atoms with van der Waals surface area (Å²) in [4.78, 5) is 10.2. The number of nitrogens with zero attached hydrogens (tertiary/aromatic N) is 4. The van der Waals surface area contributed by atoms with E-state index < -0.39 is 0 Å². The Bertz CT molecular complexity index is 2100. The number of ether oxygens (including phenoxy) is 1. The molecule has 11 rings (SSSR count). The molecule has 5 aromatic rings. The van der Waals surface area contributed by atoms with Crippen molar-refractivity contribution in [3.63, 3.8) is 0 Å². The van der Waals surface area contributed by atoms with Gasteiger partial charge in [0.15, 0.2) is 5.75 Å². The maximum absolute atomic E-state index is 6.97. The molecule has 0 radical (unpaired) electrons. The minimum Gasteiger partial charge on any atom is -0.437 e. The SMILES string of the molecule is C1=CC2C3C(=C1)N1B4N5C3=C(Oc3ccc6cccc(c6c35)N4c3cccc4cccc1c34)N2c1ccccc1. The van der Waals surface area contributed by atoms with Crippen LogP contribution in [0.1, 0.15) is 0 Å². The monoisotopic (exact) mass is 512 g/mol. The van der Waals surface area contributed by atoms with Gasteiger partial charge in [-0.15, -0.1) is 0 Å². The highest BCUT2D eigenvalue weighted by atomic mass is 16.5. The van der Waals surface area contributed by atoms with Gasteiger partial charge in [0.05, 0.1) is 23.3 Å². The maximum atomic E-state index is 6.97. The molecule has 5 aliphatic heterocycles. The fourth-order valence-corrected chi connectivity index (χ4v) is 8.18. The van der Waals surface area contributed by atoms with Gasteiger partial charge in [0.1, 0.15) is 0 Å². The summed E-state index contributed by atoms with van der Waals surface area (Å²) in [6.45, 7) is 0. The third-order valence-electron chi connectivity index (χ3n) is 9.58. The Labute approximate surface area is 231 Å². The lowest BCUT2D eigenvalue weighted by Crippen LogP contribution is -2.69. The van der Waals surface area contributed by atoms with Crippen LogP contribution in [-0.2, 0) is 0 Å². The zero-order chi connectivity index (χ0) is 25.7. The summed E-state index contributed by atoms with van der Waals surface area (Å²) in [7, 11) is -0.0703. The van der Waals surface area contributed by atoms with Crippen LogP contribution < -0.4 is 24.1 Å². The molecule has 2 atom stereocenters. The van der Waals surface area contributed by atoms with Crippen molar-refractivity contribution in [1.29, 1.82) is 0 Å². The summed E-state index contributed by atoms with van der Waals surface area (Å²) in [5, 5.41) is 5.07. The largest absolute Gasteiger partial charge is 0.518 e. The zero-order valence-corrected chi connectivity index (χ0v) is 21.4. The Hall–Kier alpha value is -5.10. The third kappa shape index (κ3) is 2.05. The van der Waals surface area contributed by atoms with Gasteiger partial charge in [-0.1, -0.05) is 72.8 Å². The highest BCUT2D eigenvalue weighted by molar-refractivity contribution is 6.78. The second-order valence-corrected chi connectivity index (χ2v) is 11.3. The Morgan fingerprint density at radius 3 is 2.17 bits per heavy atom. The second kappa shape index (κ2) is 6.54. The van der Waals surface area contributed by atoms with E-state index in [0.29, 0.717) is 0 Å². The quantitative estimate of drug-likeness (QED) is 0.220. The van der Waals surface area contributed by atoms with E-state index in [1.165, 1.54) is 55.7 Å². The predicted molar refractivity (Wildman–Crippen MR) is 162 cm³/mol. The van der Waals surface area contributed by atoms with Gasteiger partial charge in [0.25, 0.3) is 0 Å². The van der Waals surface area contributed by atoms with Crippen molar-refractivity contribution in [3.05, 3.63) is 133 Å². The van der Waals surface area contributed by atoms with E-state index in [-0.39, 0.29) is 19.1 Å². The smallest absolute Gasteiger partial charge is 0.437 e. The molecule has 0 amide bonds. The number of fused-ring (bicyclic) bond motifs is 4. The molecule has 5 heterocycles. The van der Waals surface area contributed by atoms with Crippen LogP contribution in [0.3, 0.4) is 0 Å². The van der Waals surface area contributed by atoms with Crippen molar-refractivity contribution in [2.45, 2.75) is 6.04 Å². The van der Waals surface area contributed by atoms with Crippen LogP contribution in [0.2, 0.25) is 0 Å². The van der Waals surface area contributed by atoms with Crippen molar-refractivity contribution in [2.24, 2.45) is 5.92 Å². The standard InChI is InChI=1S/C34H21BN4O/c1-2-11-22(12-3-1)36-23-13-7-17-27-31(23)33-34(36)40-28-19-18-21-10-6-16-26-30(21)32(28)39(33)35-37(26)24-14-4-8-20-9-5-15-25(29(20)24)38(27)35/h1-19,23,31H. The molecule has 0 spiro atoms. The number of rotatable bonds is 1. The minimum absolute atomic E-state index is 0.0703. The third-order valence-corrected chi connectivity index (χ3v) is 9.58. The van der Waals surface area contributed by atoms with Crippen molar-refractivity contribution in [2.75, 3.05) is 19.3 Å². The first-order valence-electron chi connectivity index (χ1n) is 14.0. The fourth-order valence-electron chi connectivity index (χ4n) is 8.18. The first-order chi connectivity index (χ1) is 19.9. The molecule has 1 fully saturated rings. The van der Waals surface area contributed by atoms with E-state index in [9.17, 15) is 0 Å². The molecule has 40 heavy (non-hydrogen) atoms. The van der Waals surface area contributed by atoms with Gasteiger partial charge < -0.3 is 24.1 Å². The normalized spacial score (nSPS) is 21.9. The number of anilines is 5. The van der Waals surface area contributed by atoms with Gasteiger partial charge in [0, 0.05) is 39.2 Å². The number of para-hydroxylation sites is 1. The van der Waals surface area contributed by atoms with Crippen LogP contribution in [-0.4, -0.2) is 13.2 Å². The molecule has 1 saturated heterocycles. The van der Waals surface area contributed by atoms with Crippen LogP contribution in [0.5, 0.6) is 5.75 Å². The number of benzene rings is 5.